The van der Waals surface area contributed by atoms with Gasteiger partial charge in [0.05, 0.1) is 52.9 Å². The van der Waals surface area contributed by atoms with Crippen LogP contribution in [0.5, 0.6) is 23.0 Å². The highest BCUT2D eigenvalue weighted by Crippen LogP contribution is 2.33. The molecule has 4 aromatic rings. The van der Waals surface area contributed by atoms with Gasteiger partial charge in [-0.2, -0.15) is 0 Å². The lowest BCUT2D eigenvalue weighted by Crippen LogP contribution is -2.14. The summed E-state index contributed by atoms with van der Waals surface area (Å²) in [7, 11) is 0. The molecular formula is C32H36O8. The van der Waals surface area contributed by atoms with Gasteiger partial charge in [-0.3, -0.25) is 0 Å². The highest BCUT2D eigenvalue weighted by molar-refractivity contribution is 5.93. The Bertz CT molecular complexity index is 1140. The molecule has 0 amide bonds. The Labute approximate surface area is 234 Å². The summed E-state index contributed by atoms with van der Waals surface area (Å²) in [6.45, 7) is 5.56. The molecule has 0 atom stereocenters. The van der Waals surface area contributed by atoms with Gasteiger partial charge in [-0.25, -0.2) is 0 Å². The molecule has 1 aliphatic rings. The van der Waals surface area contributed by atoms with Gasteiger partial charge in [0, 0.05) is 21.5 Å². The van der Waals surface area contributed by atoms with E-state index in [0.29, 0.717) is 79.3 Å². The first kappa shape index (κ1) is 28.0. The SMILES string of the molecule is c1cc2c3cccc(c3c1)OCCOCCOCCOc1cccc3c(cccc13)OCCOCCOCCO2. The topological polar surface area (TPSA) is 73.8 Å². The van der Waals surface area contributed by atoms with Crippen molar-refractivity contribution in [3.63, 3.8) is 0 Å². The second kappa shape index (κ2) is 15.3. The van der Waals surface area contributed by atoms with Crippen LogP contribution in [0.3, 0.4) is 0 Å². The largest absolute Gasteiger partial charge is 0.491 e. The zero-order valence-corrected chi connectivity index (χ0v) is 22.7. The fraction of sp³-hybridized carbons (Fsp3) is 0.375. The van der Waals surface area contributed by atoms with Crippen molar-refractivity contribution in [2.45, 2.75) is 0 Å². The Hall–Kier alpha value is -3.56. The van der Waals surface area contributed by atoms with Gasteiger partial charge in [0.2, 0.25) is 0 Å². The van der Waals surface area contributed by atoms with Crippen molar-refractivity contribution in [3.05, 3.63) is 72.8 Å². The fourth-order valence-electron chi connectivity index (χ4n) is 4.49. The minimum atomic E-state index is 0.440. The Morgan fingerprint density at radius 2 is 0.500 bits per heavy atom. The maximum atomic E-state index is 6.01. The van der Waals surface area contributed by atoms with Crippen molar-refractivity contribution in [2.24, 2.45) is 0 Å². The van der Waals surface area contributed by atoms with Crippen molar-refractivity contribution in [3.8, 4) is 23.0 Å². The molecule has 0 saturated heterocycles. The molecule has 8 bridgehead atoms. The van der Waals surface area contributed by atoms with E-state index in [1.165, 1.54) is 0 Å². The highest BCUT2D eigenvalue weighted by atomic mass is 16.6. The molecule has 0 unspecified atom stereocenters. The zero-order valence-electron chi connectivity index (χ0n) is 22.7. The predicted molar refractivity (Wildman–Crippen MR) is 153 cm³/mol. The lowest BCUT2D eigenvalue weighted by atomic mass is 10.1. The van der Waals surface area contributed by atoms with Crippen LogP contribution < -0.4 is 18.9 Å². The van der Waals surface area contributed by atoms with Crippen LogP contribution in [0.25, 0.3) is 21.5 Å². The summed E-state index contributed by atoms with van der Waals surface area (Å²) in [6, 6.07) is 23.8. The third-order valence-corrected chi connectivity index (χ3v) is 6.37. The number of hydrogen-bond acceptors (Lipinski definition) is 8. The molecule has 1 aliphatic heterocycles. The molecule has 0 saturated carbocycles. The van der Waals surface area contributed by atoms with Crippen molar-refractivity contribution >= 4 is 21.5 Å². The van der Waals surface area contributed by atoms with Crippen molar-refractivity contribution < 1.29 is 37.9 Å². The van der Waals surface area contributed by atoms with E-state index in [0.717, 1.165) is 44.5 Å². The molecule has 0 aromatic heterocycles. The summed E-state index contributed by atoms with van der Waals surface area (Å²) in [5.41, 5.74) is 0. The fourth-order valence-corrected chi connectivity index (χ4v) is 4.49. The van der Waals surface area contributed by atoms with Crippen LogP contribution in [0.1, 0.15) is 0 Å². The van der Waals surface area contributed by atoms with Gasteiger partial charge < -0.3 is 37.9 Å². The zero-order chi connectivity index (χ0) is 27.2. The van der Waals surface area contributed by atoms with Crippen LogP contribution in [0, 0.1) is 0 Å². The molecule has 5 rings (SSSR count). The monoisotopic (exact) mass is 548 g/mol. The molecule has 4 aromatic carbocycles. The number of ether oxygens (including phenoxy) is 8. The lowest BCUT2D eigenvalue weighted by molar-refractivity contribution is 0.0274. The van der Waals surface area contributed by atoms with E-state index in [1.807, 2.05) is 72.8 Å². The Kier molecular flexibility index (Phi) is 10.7. The summed E-state index contributed by atoms with van der Waals surface area (Å²) in [5.74, 6) is 3.19. The minimum absolute atomic E-state index is 0.440. The summed E-state index contributed by atoms with van der Waals surface area (Å²) >= 11 is 0. The average Bonchev–Trinajstić information content (AvgIpc) is 2.99. The molecular weight excluding hydrogens is 512 g/mol. The quantitative estimate of drug-likeness (QED) is 0.294. The Morgan fingerprint density at radius 1 is 0.275 bits per heavy atom. The summed E-state index contributed by atoms with van der Waals surface area (Å²) in [5, 5.41) is 3.98. The third-order valence-electron chi connectivity index (χ3n) is 6.37. The molecule has 0 radical (unpaired) electrons. The second-order valence-electron chi connectivity index (χ2n) is 9.06. The van der Waals surface area contributed by atoms with Crippen LogP contribution >= 0.6 is 0 Å². The van der Waals surface area contributed by atoms with Crippen LogP contribution in [0.2, 0.25) is 0 Å². The molecule has 0 spiro atoms. The van der Waals surface area contributed by atoms with Crippen LogP contribution in [0.15, 0.2) is 72.8 Å². The molecule has 8 heteroatoms. The average molecular weight is 549 g/mol. The minimum Gasteiger partial charge on any atom is -0.491 e. The molecule has 40 heavy (non-hydrogen) atoms. The van der Waals surface area contributed by atoms with E-state index >= 15 is 0 Å². The van der Waals surface area contributed by atoms with Gasteiger partial charge >= 0.3 is 0 Å². The van der Waals surface area contributed by atoms with E-state index in [4.69, 9.17) is 37.9 Å². The molecule has 0 fully saturated rings. The molecule has 212 valence electrons. The van der Waals surface area contributed by atoms with Crippen LogP contribution in [-0.2, 0) is 18.9 Å². The second-order valence-corrected chi connectivity index (χ2v) is 9.06. The van der Waals surface area contributed by atoms with Crippen molar-refractivity contribution in [1.29, 1.82) is 0 Å². The maximum absolute atomic E-state index is 6.01. The van der Waals surface area contributed by atoms with E-state index in [9.17, 15) is 0 Å². The Morgan fingerprint density at radius 3 is 0.750 bits per heavy atom. The van der Waals surface area contributed by atoms with Crippen LogP contribution in [0.4, 0.5) is 0 Å². The van der Waals surface area contributed by atoms with E-state index in [1.54, 1.807) is 0 Å². The molecule has 1 heterocycles. The van der Waals surface area contributed by atoms with Gasteiger partial charge in [0.1, 0.15) is 49.4 Å². The number of rotatable bonds is 0. The summed E-state index contributed by atoms with van der Waals surface area (Å²) in [4.78, 5) is 0. The maximum Gasteiger partial charge on any atom is 0.127 e. The first-order valence-electron chi connectivity index (χ1n) is 13.8. The normalized spacial score (nSPS) is 17.2. The van der Waals surface area contributed by atoms with Crippen molar-refractivity contribution in [1.82, 2.24) is 0 Å². The molecule has 8 nitrogen and oxygen atoms in total. The number of benzene rings is 4. The standard InChI is InChI=1S/C32H36O8/c1-5-25-26-6-2-10-30(25)38-22-18-34-15-16-36-20-24-40-32-12-4-7-27-28(32)8-3-11-31(27)39-23-19-35-14-13-33-17-21-37-29(26)9-1/h1-12H,13-24H2. The smallest absolute Gasteiger partial charge is 0.127 e. The summed E-state index contributed by atoms with van der Waals surface area (Å²) < 4.78 is 46.8. The van der Waals surface area contributed by atoms with Gasteiger partial charge in [-0.05, 0) is 24.3 Å². The molecule has 0 N–H and O–H groups in total. The van der Waals surface area contributed by atoms with E-state index in [-0.39, 0.29) is 0 Å². The highest BCUT2D eigenvalue weighted by Gasteiger charge is 2.09. The first-order valence-corrected chi connectivity index (χ1v) is 13.8. The number of hydrogen-bond donors (Lipinski definition) is 0. The summed E-state index contributed by atoms with van der Waals surface area (Å²) in [6.07, 6.45) is 0. The Balaban J connectivity index is 1.18. The van der Waals surface area contributed by atoms with Gasteiger partial charge in [-0.15, -0.1) is 0 Å². The predicted octanol–water partition coefficient (Wildman–Crippen LogP) is 5.29. The third kappa shape index (κ3) is 7.76. The van der Waals surface area contributed by atoms with E-state index in [2.05, 4.69) is 0 Å². The van der Waals surface area contributed by atoms with E-state index < -0.39 is 0 Å². The van der Waals surface area contributed by atoms with Gasteiger partial charge in [-0.1, -0.05) is 48.5 Å². The van der Waals surface area contributed by atoms with Gasteiger partial charge in [0.15, 0.2) is 0 Å². The lowest BCUT2D eigenvalue weighted by Gasteiger charge is -2.14. The van der Waals surface area contributed by atoms with Gasteiger partial charge in [0.25, 0.3) is 0 Å². The van der Waals surface area contributed by atoms with Crippen molar-refractivity contribution in [2.75, 3.05) is 79.3 Å². The molecule has 0 aliphatic carbocycles. The first-order chi connectivity index (χ1) is 19.9. The van der Waals surface area contributed by atoms with Crippen LogP contribution in [-0.4, -0.2) is 79.3 Å².